The minimum atomic E-state index is 0. The van der Waals surface area contributed by atoms with Crippen molar-refractivity contribution in [2.45, 2.75) is 0 Å². The Kier molecular flexibility index (Phi) is 353000. The van der Waals surface area contributed by atoms with Gasteiger partial charge in [-0.25, -0.2) is 0 Å². The minimum absolute atomic E-state index is 0. The summed E-state index contributed by atoms with van der Waals surface area (Å²) in [5.41, 5.74) is 0. The van der Waals surface area contributed by atoms with E-state index in [0.29, 0.717) is 0 Å². The van der Waals surface area contributed by atoms with Crippen LogP contribution >= 0.6 is 0 Å². The van der Waals surface area contributed by atoms with E-state index in [0.717, 1.165) is 0 Å². The van der Waals surface area contributed by atoms with Crippen LogP contribution in [0.1, 0.15) is 0 Å². The van der Waals surface area contributed by atoms with Gasteiger partial charge in [-0.15, -0.1) is 0 Å². The van der Waals surface area contributed by atoms with E-state index in [1.165, 1.54) is 0 Å². The fraction of sp³-hybridized carbons (Fsp3) is 0. The van der Waals surface area contributed by atoms with Gasteiger partial charge in [-0.1, -0.05) is 0 Å². The maximum absolute atomic E-state index is 0. The van der Waals surface area contributed by atoms with Crippen LogP contribution in [0.25, 0.3) is 0 Å². The monoisotopic (exact) mass is 2930 g/mol. The smallest absolute Gasteiger partial charge is 0 e. The van der Waals surface area contributed by atoms with Crippen molar-refractivity contribution in [3.63, 3.8) is 0 Å². The standard InChI is InChI=1S/40H2O.12W/h40*1H2;;;;;;;;;;;;/p+7. The molecular formula is H87O40W12+7. The van der Waals surface area contributed by atoms with Crippen LogP contribution < -0.4 is 0 Å². The molecule has 52 heavy (non-hydrogen) atoms. The fourth-order valence-corrected chi connectivity index (χ4v) is 0. The third-order valence-corrected chi connectivity index (χ3v) is 0. The topological polar surface area (TPSA) is 1270 Å². The maximum atomic E-state index is 0. The van der Waals surface area contributed by atoms with Crippen LogP contribution in [-0.4, -0.2) is 181 Å². The number of rotatable bonds is 0. The van der Waals surface area contributed by atoms with Gasteiger partial charge in [0.2, 0.25) is 0 Å². The first-order valence-electron chi connectivity index (χ1n) is 0. The Morgan fingerprint density at radius 3 is 0.0577 bits per heavy atom. The van der Waals surface area contributed by atoms with Crippen LogP contribution in [0.15, 0.2) is 0 Å². The molecule has 0 amide bonds. The fourth-order valence-electron chi connectivity index (χ4n) is 0. The molecule has 0 spiro atoms. The molecule has 0 fully saturated rings. The molecule has 0 aliphatic rings. The number of hydrogen-bond donors (Lipinski definition) is 0. The zero-order valence-corrected chi connectivity index (χ0v) is 60.6. The van der Waals surface area contributed by atoms with E-state index in [4.69, 9.17) is 0 Å². The van der Waals surface area contributed by atoms with Gasteiger partial charge in [0.25, 0.3) is 0 Å². The summed E-state index contributed by atoms with van der Waals surface area (Å²) in [7, 11) is 0. The van der Waals surface area contributed by atoms with E-state index >= 15 is 0 Å². The zero-order chi connectivity index (χ0) is 0. The third kappa shape index (κ3) is 3960. The molecule has 392 valence electrons. The van der Waals surface area contributed by atoms with Gasteiger partial charge in [0.1, 0.15) is 0 Å². The molecule has 40 nitrogen and oxygen atoms in total. The van der Waals surface area contributed by atoms with Crippen LogP contribution in [0.2, 0.25) is 0 Å². The molecule has 0 aromatic carbocycles. The van der Waals surface area contributed by atoms with Crippen molar-refractivity contribution < 1.29 is 472 Å². The van der Waals surface area contributed by atoms with Crippen molar-refractivity contribution in [1.82, 2.24) is 0 Å². The minimum Gasteiger partial charge on any atom is -0.457 e. The van der Waals surface area contributed by atoms with Gasteiger partial charge in [-0.3, -0.25) is 0 Å². The molecule has 0 rings (SSSR count). The zero-order valence-electron chi connectivity index (χ0n) is 25.4. The summed E-state index contributed by atoms with van der Waals surface area (Å²) in [6.07, 6.45) is 0. The van der Waals surface area contributed by atoms with E-state index in [-0.39, 0.29) is 472 Å². The largest absolute Gasteiger partial charge is 0.457 e. The average Bonchev–Trinajstić information content (AvgIpc) is 0. The summed E-state index contributed by atoms with van der Waals surface area (Å²) in [6, 6.07) is 0. The summed E-state index contributed by atoms with van der Waals surface area (Å²) >= 11 is 0. The Labute approximate surface area is 465 Å². The molecule has 0 bridgehead atoms. The molecule has 87 N–H and O–H groups in total. The van der Waals surface area contributed by atoms with Crippen LogP contribution in [0, 0.1) is 0 Å². The van der Waals surface area contributed by atoms with Crippen LogP contribution in [0.5, 0.6) is 0 Å². The van der Waals surface area contributed by atoms with Crippen molar-refractivity contribution in [1.29, 1.82) is 0 Å². The molecule has 0 unspecified atom stereocenters. The molecule has 0 radical (unpaired) electrons. The summed E-state index contributed by atoms with van der Waals surface area (Å²) in [5.74, 6) is 0. The molecule has 0 aromatic rings. The summed E-state index contributed by atoms with van der Waals surface area (Å²) < 4.78 is 0. The third-order valence-electron chi connectivity index (χ3n) is 0. The van der Waals surface area contributed by atoms with E-state index < -0.39 is 0 Å². The van der Waals surface area contributed by atoms with Crippen molar-refractivity contribution in [2.75, 3.05) is 0 Å². The Morgan fingerprint density at radius 2 is 0.0577 bits per heavy atom. The summed E-state index contributed by atoms with van der Waals surface area (Å²) in [4.78, 5) is 0. The predicted octanol–water partition coefficient (Wildman–Crippen LogP) is -33.7. The molecular weight excluding hydrogens is 2850 g/mol. The Hall–Kier alpha value is 6.66. The molecule has 0 aliphatic carbocycles. The first kappa shape index (κ1) is 4400. The quantitative estimate of drug-likeness (QED) is 0.204. The van der Waals surface area contributed by atoms with E-state index in [2.05, 4.69) is 0 Å². The van der Waals surface area contributed by atoms with Gasteiger partial charge >= 0.3 is 0 Å². The molecule has 0 atom stereocenters. The van der Waals surface area contributed by atoms with Crippen LogP contribution in [0.3, 0.4) is 0 Å². The van der Waals surface area contributed by atoms with Crippen molar-refractivity contribution in [3.05, 3.63) is 0 Å². The number of hydrogen-bond acceptors (Lipinski definition) is 0. The SMILES string of the molecule is O.O.O.O.O.O.O.O.O.O.O.O.O.O.O.O.O.O.O.O.O.O.O.O.O.O.O.O.O.O.O.O.O.[OH3+].[OH3+].[OH3+].[OH3+].[OH3+].[OH3+].[OH3+].[W].[W].[W].[W].[W].[W].[W].[W].[W].[W].[W].[W]. The van der Waals surface area contributed by atoms with Gasteiger partial charge < -0.3 is 219 Å². The maximum Gasteiger partial charge on any atom is 0 e. The predicted molar refractivity (Wildman–Crippen MR) is 153 cm³/mol. The van der Waals surface area contributed by atoms with Crippen molar-refractivity contribution in [2.24, 2.45) is 0 Å². The average molecular weight is 2930 g/mol. The van der Waals surface area contributed by atoms with Gasteiger partial charge in [0, 0.05) is 253 Å². The van der Waals surface area contributed by atoms with Crippen molar-refractivity contribution in [3.8, 4) is 0 Å². The van der Waals surface area contributed by atoms with Crippen molar-refractivity contribution >= 4 is 0 Å². The van der Waals surface area contributed by atoms with Gasteiger partial charge in [0.05, 0.1) is 0 Å². The second kappa shape index (κ2) is 4170. The van der Waals surface area contributed by atoms with E-state index in [1.807, 2.05) is 0 Å². The first-order chi connectivity index (χ1) is 0. The molecule has 52 heteroatoms. The Balaban J connectivity index is 0. The van der Waals surface area contributed by atoms with E-state index in [1.54, 1.807) is 0 Å². The normalized spacial score (nSPS) is 0. The molecule has 0 saturated heterocycles. The van der Waals surface area contributed by atoms with Crippen LogP contribution in [-0.2, 0) is 291 Å². The summed E-state index contributed by atoms with van der Waals surface area (Å²) in [5, 5.41) is 0. The molecule has 0 saturated carbocycles. The second-order valence-electron chi connectivity index (χ2n) is 0. The van der Waals surface area contributed by atoms with Gasteiger partial charge in [0.15, 0.2) is 0 Å². The first-order valence-corrected chi connectivity index (χ1v) is 0. The van der Waals surface area contributed by atoms with Gasteiger partial charge in [-0.2, -0.15) is 0 Å². The van der Waals surface area contributed by atoms with Crippen LogP contribution in [0.4, 0.5) is 0 Å². The van der Waals surface area contributed by atoms with Gasteiger partial charge in [-0.05, 0) is 0 Å². The molecule has 0 aliphatic heterocycles. The Bertz CT molecular complexity index is 40.5. The summed E-state index contributed by atoms with van der Waals surface area (Å²) in [6.45, 7) is 0. The van der Waals surface area contributed by atoms with E-state index in [9.17, 15) is 0 Å². The Morgan fingerprint density at radius 1 is 0.0577 bits per heavy atom. The second-order valence-corrected chi connectivity index (χ2v) is 0. The molecule has 0 aromatic heterocycles. The molecule has 0 heterocycles.